The fourth-order valence-corrected chi connectivity index (χ4v) is 1.84. The molecule has 1 saturated heterocycles. The van der Waals surface area contributed by atoms with E-state index >= 15 is 0 Å². The van der Waals surface area contributed by atoms with Crippen LogP contribution in [0.25, 0.3) is 0 Å². The van der Waals surface area contributed by atoms with Crippen molar-refractivity contribution in [1.29, 1.82) is 0 Å². The fourth-order valence-electron chi connectivity index (χ4n) is 1.84. The Bertz CT molecular complexity index is 109. The lowest BCUT2D eigenvalue weighted by Crippen LogP contribution is -2.39. The summed E-state index contributed by atoms with van der Waals surface area (Å²) < 4.78 is 0. The van der Waals surface area contributed by atoms with Gasteiger partial charge in [-0.3, -0.25) is 0 Å². The molecule has 0 aromatic rings. The average Bonchev–Trinajstić information content (AvgIpc) is 1.85. The lowest BCUT2D eigenvalue weighted by atomic mass is 9.87. The predicted octanol–water partition coefficient (Wildman–Crippen LogP) is 1.11. The topological polar surface area (TPSA) is 38.0 Å². The van der Waals surface area contributed by atoms with Crippen LogP contribution in [0.3, 0.4) is 0 Å². The van der Waals surface area contributed by atoms with Crippen molar-refractivity contribution in [1.82, 2.24) is 5.32 Å². The molecule has 66 valence electrons. The van der Waals surface area contributed by atoms with Gasteiger partial charge in [0, 0.05) is 5.54 Å². The molecule has 1 aliphatic heterocycles. The van der Waals surface area contributed by atoms with E-state index in [1.807, 2.05) is 0 Å². The smallest absolute Gasteiger partial charge is 0.0100 e. The van der Waals surface area contributed by atoms with Gasteiger partial charge >= 0.3 is 0 Å². The van der Waals surface area contributed by atoms with Crippen LogP contribution in [-0.2, 0) is 0 Å². The lowest BCUT2D eigenvalue weighted by Gasteiger charge is -2.29. The van der Waals surface area contributed by atoms with Gasteiger partial charge in [-0.15, -0.1) is 0 Å². The van der Waals surface area contributed by atoms with Gasteiger partial charge in [0.2, 0.25) is 0 Å². The van der Waals surface area contributed by atoms with E-state index in [1.54, 1.807) is 0 Å². The van der Waals surface area contributed by atoms with Crippen molar-refractivity contribution in [2.24, 2.45) is 11.7 Å². The van der Waals surface area contributed by atoms with E-state index in [0.29, 0.717) is 0 Å². The number of nitrogens with one attached hydrogen (secondary N) is 1. The van der Waals surface area contributed by atoms with E-state index < -0.39 is 0 Å². The highest BCUT2D eigenvalue weighted by Crippen LogP contribution is 2.19. The summed E-state index contributed by atoms with van der Waals surface area (Å²) in [4.78, 5) is 0. The van der Waals surface area contributed by atoms with Gasteiger partial charge in [0.15, 0.2) is 0 Å². The van der Waals surface area contributed by atoms with Crippen LogP contribution in [0.2, 0.25) is 0 Å². The average molecular weight is 156 g/mol. The van der Waals surface area contributed by atoms with Crippen LogP contribution in [-0.4, -0.2) is 18.6 Å². The SMILES string of the molecule is CC(C)(N)CC1CCCNC1. The number of hydrogen-bond acceptors (Lipinski definition) is 2. The molecule has 1 unspecified atom stereocenters. The lowest BCUT2D eigenvalue weighted by molar-refractivity contribution is 0.296. The molecule has 2 heteroatoms. The van der Waals surface area contributed by atoms with Gasteiger partial charge in [-0.2, -0.15) is 0 Å². The predicted molar refractivity (Wildman–Crippen MR) is 48.5 cm³/mol. The summed E-state index contributed by atoms with van der Waals surface area (Å²) >= 11 is 0. The zero-order valence-electron chi connectivity index (χ0n) is 7.69. The summed E-state index contributed by atoms with van der Waals surface area (Å²) in [5.41, 5.74) is 5.96. The van der Waals surface area contributed by atoms with E-state index in [2.05, 4.69) is 19.2 Å². The molecule has 3 N–H and O–H groups in total. The number of nitrogens with two attached hydrogens (primary N) is 1. The van der Waals surface area contributed by atoms with Gasteiger partial charge in [0.25, 0.3) is 0 Å². The normalized spacial score (nSPS) is 27.0. The molecule has 0 amide bonds. The third-order valence-electron chi connectivity index (χ3n) is 2.21. The van der Waals surface area contributed by atoms with Gasteiger partial charge in [0.1, 0.15) is 0 Å². The molecule has 0 saturated carbocycles. The van der Waals surface area contributed by atoms with Crippen molar-refractivity contribution >= 4 is 0 Å². The molecule has 0 bridgehead atoms. The first-order valence-electron chi connectivity index (χ1n) is 4.57. The summed E-state index contributed by atoms with van der Waals surface area (Å²) in [5.74, 6) is 0.809. The minimum absolute atomic E-state index is 0.0175. The van der Waals surface area contributed by atoms with Crippen molar-refractivity contribution in [2.75, 3.05) is 13.1 Å². The van der Waals surface area contributed by atoms with Gasteiger partial charge in [-0.05, 0) is 52.1 Å². The molecule has 0 aliphatic carbocycles. The molecule has 11 heavy (non-hydrogen) atoms. The second-order valence-electron chi connectivity index (χ2n) is 4.41. The molecule has 1 aliphatic rings. The first kappa shape index (κ1) is 9.01. The number of rotatable bonds is 2. The summed E-state index contributed by atoms with van der Waals surface area (Å²) in [6.07, 6.45) is 3.83. The molecule has 0 spiro atoms. The molecule has 0 radical (unpaired) electrons. The Morgan fingerprint density at radius 1 is 1.55 bits per heavy atom. The summed E-state index contributed by atoms with van der Waals surface area (Å²) in [7, 11) is 0. The second kappa shape index (κ2) is 3.55. The Labute approximate surface area is 69.5 Å². The summed E-state index contributed by atoms with van der Waals surface area (Å²) in [6.45, 7) is 6.59. The van der Waals surface area contributed by atoms with Crippen molar-refractivity contribution < 1.29 is 0 Å². The quantitative estimate of drug-likeness (QED) is 0.628. The van der Waals surface area contributed by atoms with Crippen LogP contribution in [0.5, 0.6) is 0 Å². The van der Waals surface area contributed by atoms with Crippen molar-refractivity contribution in [2.45, 2.75) is 38.6 Å². The van der Waals surface area contributed by atoms with E-state index in [9.17, 15) is 0 Å². The Balaban J connectivity index is 2.24. The van der Waals surface area contributed by atoms with Crippen LogP contribution in [0.1, 0.15) is 33.1 Å². The maximum Gasteiger partial charge on any atom is 0.0100 e. The molecule has 1 atom stereocenters. The zero-order chi connectivity index (χ0) is 8.32. The highest BCUT2D eigenvalue weighted by molar-refractivity contribution is 4.79. The summed E-state index contributed by atoms with van der Waals surface area (Å²) in [5, 5.41) is 3.40. The molecule has 1 heterocycles. The van der Waals surface area contributed by atoms with Crippen LogP contribution < -0.4 is 11.1 Å². The van der Waals surface area contributed by atoms with Crippen molar-refractivity contribution in [3.05, 3.63) is 0 Å². The molecule has 0 aromatic heterocycles. The molecule has 1 rings (SSSR count). The highest BCUT2D eigenvalue weighted by Gasteiger charge is 2.20. The van der Waals surface area contributed by atoms with Gasteiger partial charge < -0.3 is 11.1 Å². The third kappa shape index (κ3) is 3.73. The Kier molecular flexibility index (Phi) is 2.90. The van der Waals surface area contributed by atoms with Crippen molar-refractivity contribution in [3.8, 4) is 0 Å². The minimum Gasteiger partial charge on any atom is -0.326 e. The van der Waals surface area contributed by atoms with Crippen LogP contribution in [0.4, 0.5) is 0 Å². The largest absolute Gasteiger partial charge is 0.326 e. The molecular formula is C9H20N2. The zero-order valence-corrected chi connectivity index (χ0v) is 7.69. The first-order chi connectivity index (χ1) is 5.08. The minimum atomic E-state index is 0.0175. The van der Waals surface area contributed by atoms with E-state index in [1.165, 1.54) is 25.9 Å². The number of hydrogen-bond donors (Lipinski definition) is 2. The van der Waals surface area contributed by atoms with E-state index in [4.69, 9.17) is 5.73 Å². The second-order valence-corrected chi connectivity index (χ2v) is 4.41. The first-order valence-corrected chi connectivity index (χ1v) is 4.57. The Morgan fingerprint density at radius 2 is 2.27 bits per heavy atom. The third-order valence-corrected chi connectivity index (χ3v) is 2.21. The van der Waals surface area contributed by atoms with Crippen LogP contribution in [0.15, 0.2) is 0 Å². The van der Waals surface area contributed by atoms with E-state index in [0.717, 1.165) is 12.3 Å². The van der Waals surface area contributed by atoms with Gasteiger partial charge in [0.05, 0.1) is 0 Å². The maximum absolute atomic E-state index is 5.94. The Morgan fingerprint density at radius 3 is 2.73 bits per heavy atom. The van der Waals surface area contributed by atoms with Crippen molar-refractivity contribution in [3.63, 3.8) is 0 Å². The van der Waals surface area contributed by atoms with Crippen LogP contribution >= 0.6 is 0 Å². The summed E-state index contributed by atoms with van der Waals surface area (Å²) in [6, 6.07) is 0. The van der Waals surface area contributed by atoms with E-state index in [-0.39, 0.29) is 5.54 Å². The molecule has 0 aromatic carbocycles. The van der Waals surface area contributed by atoms with Gasteiger partial charge in [-0.25, -0.2) is 0 Å². The number of piperidine rings is 1. The van der Waals surface area contributed by atoms with Gasteiger partial charge in [-0.1, -0.05) is 0 Å². The molecular weight excluding hydrogens is 136 g/mol. The maximum atomic E-state index is 5.94. The Hall–Kier alpha value is -0.0800. The monoisotopic (exact) mass is 156 g/mol. The highest BCUT2D eigenvalue weighted by atomic mass is 14.9. The fraction of sp³-hybridized carbons (Fsp3) is 1.00. The van der Waals surface area contributed by atoms with Crippen LogP contribution in [0, 0.1) is 5.92 Å². The molecule has 2 nitrogen and oxygen atoms in total. The molecule has 1 fully saturated rings. The standard InChI is InChI=1S/C9H20N2/c1-9(2,10)6-8-4-3-5-11-7-8/h8,11H,3-7,10H2,1-2H3.